The standard InChI is InChI=1S/C17H19FN2OS/c18-14-7-5-13(6-8-14)11-19-17(21)12-20-9-1-3-15(20)16-4-2-10-22-16/h2,4-8,10,15H,1,3,9,11-12H2,(H,19,21)/t15-/m0/s1. The summed E-state index contributed by atoms with van der Waals surface area (Å²) >= 11 is 1.75. The molecule has 3 nitrogen and oxygen atoms in total. The lowest BCUT2D eigenvalue weighted by molar-refractivity contribution is -0.122. The summed E-state index contributed by atoms with van der Waals surface area (Å²) in [6.07, 6.45) is 2.25. The molecule has 1 fully saturated rings. The summed E-state index contributed by atoms with van der Waals surface area (Å²) in [5, 5.41) is 5.00. The molecule has 0 bridgehead atoms. The highest BCUT2D eigenvalue weighted by Gasteiger charge is 2.27. The number of rotatable bonds is 5. The number of benzene rings is 1. The van der Waals surface area contributed by atoms with E-state index in [1.165, 1.54) is 17.0 Å². The van der Waals surface area contributed by atoms with E-state index in [4.69, 9.17) is 0 Å². The first-order chi connectivity index (χ1) is 10.7. The zero-order valence-electron chi connectivity index (χ0n) is 12.3. The van der Waals surface area contributed by atoms with Gasteiger partial charge in [0.2, 0.25) is 5.91 Å². The molecule has 1 atom stereocenters. The van der Waals surface area contributed by atoms with Gasteiger partial charge in [-0.2, -0.15) is 0 Å². The Labute approximate surface area is 133 Å². The molecule has 0 unspecified atom stereocenters. The minimum absolute atomic E-state index is 0.0211. The third-order valence-corrected chi connectivity index (χ3v) is 4.96. The third kappa shape index (κ3) is 3.72. The van der Waals surface area contributed by atoms with Crippen molar-refractivity contribution in [1.29, 1.82) is 0 Å². The first kappa shape index (κ1) is 15.2. The Hall–Kier alpha value is -1.72. The van der Waals surface area contributed by atoms with Crippen LogP contribution in [-0.2, 0) is 11.3 Å². The Morgan fingerprint density at radius 1 is 1.32 bits per heavy atom. The maximum Gasteiger partial charge on any atom is 0.234 e. The van der Waals surface area contributed by atoms with Gasteiger partial charge >= 0.3 is 0 Å². The minimum Gasteiger partial charge on any atom is -0.351 e. The van der Waals surface area contributed by atoms with Crippen molar-refractivity contribution in [3.8, 4) is 0 Å². The van der Waals surface area contributed by atoms with Gasteiger partial charge in [0, 0.05) is 17.5 Å². The summed E-state index contributed by atoms with van der Waals surface area (Å²) in [6, 6.07) is 10.8. The van der Waals surface area contributed by atoms with Crippen LogP contribution in [0.3, 0.4) is 0 Å². The third-order valence-electron chi connectivity index (χ3n) is 3.98. The Balaban J connectivity index is 1.52. The van der Waals surface area contributed by atoms with E-state index in [0.717, 1.165) is 24.9 Å². The van der Waals surface area contributed by atoms with Crippen LogP contribution in [0.4, 0.5) is 4.39 Å². The Bertz CT molecular complexity index is 612. The molecule has 1 N–H and O–H groups in total. The lowest BCUT2D eigenvalue weighted by Gasteiger charge is -2.22. The minimum atomic E-state index is -0.258. The molecule has 2 heterocycles. The molecule has 2 aromatic rings. The van der Waals surface area contributed by atoms with Gasteiger partial charge in [0.25, 0.3) is 0 Å². The summed E-state index contributed by atoms with van der Waals surface area (Å²) in [6.45, 7) is 1.83. The van der Waals surface area contributed by atoms with Crippen LogP contribution in [-0.4, -0.2) is 23.9 Å². The molecule has 1 amide bonds. The van der Waals surface area contributed by atoms with Crippen LogP contribution in [0.1, 0.15) is 29.3 Å². The Morgan fingerprint density at radius 2 is 2.14 bits per heavy atom. The normalized spacial score (nSPS) is 18.5. The molecule has 0 spiro atoms. The first-order valence-corrected chi connectivity index (χ1v) is 8.39. The highest BCUT2D eigenvalue weighted by atomic mass is 32.1. The fourth-order valence-corrected chi connectivity index (χ4v) is 3.76. The van der Waals surface area contributed by atoms with E-state index >= 15 is 0 Å². The summed E-state index contributed by atoms with van der Waals surface area (Å²) in [5.41, 5.74) is 0.908. The van der Waals surface area contributed by atoms with Crippen LogP contribution >= 0.6 is 11.3 Å². The van der Waals surface area contributed by atoms with Gasteiger partial charge in [-0.1, -0.05) is 18.2 Å². The maximum absolute atomic E-state index is 12.8. The van der Waals surface area contributed by atoms with Crippen LogP contribution in [0.2, 0.25) is 0 Å². The second kappa shape index (κ2) is 7.03. The average Bonchev–Trinajstić information content (AvgIpc) is 3.17. The lowest BCUT2D eigenvalue weighted by atomic mass is 10.2. The van der Waals surface area contributed by atoms with E-state index in [1.54, 1.807) is 23.5 Å². The topological polar surface area (TPSA) is 32.3 Å². The number of nitrogens with zero attached hydrogens (tertiary/aromatic N) is 1. The highest BCUT2D eigenvalue weighted by molar-refractivity contribution is 7.10. The zero-order chi connectivity index (χ0) is 15.4. The number of hydrogen-bond acceptors (Lipinski definition) is 3. The molecule has 0 aliphatic carbocycles. The van der Waals surface area contributed by atoms with Gasteiger partial charge in [0.15, 0.2) is 0 Å². The molecular formula is C17H19FN2OS. The molecule has 1 saturated heterocycles. The Morgan fingerprint density at radius 3 is 2.86 bits per heavy atom. The molecule has 1 aromatic carbocycles. The van der Waals surface area contributed by atoms with Crippen molar-refractivity contribution in [2.24, 2.45) is 0 Å². The number of halogens is 1. The van der Waals surface area contributed by atoms with Crippen molar-refractivity contribution < 1.29 is 9.18 Å². The van der Waals surface area contributed by atoms with E-state index in [0.29, 0.717) is 19.1 Å². The lowest BCUT2D eigenvalue weighted by Crippen LogP contribution is -2.36. The fraction of sp³-hybridized carbons (Fsp3) is 0.353. The van der Waals surface area contributed by atoms with E-state index in [2.05, 4.69) is 27.7 Å². The van der Waals surface area contributed by atoms with Gasteiger partial charge < -0.3 is 5.32 Å². The van der Waals surface area contributed by atoms with Crippen LogP contribution in [0.15, 0.2) is 41.8 Å². The zero-order valence-corrected chi connectivity index (χ0v) is 13.1. The number of nitrogens with one attached hydrogen (secondary N) is 1. The second-order valence-electron chi connectivity index (χ2n) is 5.55. The quantitative estimate of drug-likeness (QED) is 0.917. The maximum atomic E-state index is 12.8. The second-order valence-corrected chi connectivity index (χ2v) is 6.53. The largest absolute Gasteiger partial charge is 0.351 e. The van der Waals surface area contributed by atoms with Crippen molar-refractivity contribution in [2.75, 3.05) is 13.1 Å². The smallest absolute Gasteiger partial charge is 0.234 e. The predicted molar refractivity (Wildman–Crippen MR) is 86.1 cm³/mol. The van der Waals surface area contributed by atoms with E-state index in [1.807, 2.05) is 0 Å². The molecule has 3 rings (SSSR count). The number of carbonyl (C=O) groups is 1. The molecule has 116 valence electrons. The monoisotopic (exact) mass is 318 g/mol. The first-order valence-electron chi connectivity index (χ1n) is 7.51. The van der Waals surface area contributed by atoms with Crippen molar-refractivity contribution in [3.63, 3.8) is 0 Å². The number of thiophene rings is 1. The SMILES string of the molecule is O=C(CN1CCC[C@H]1c1cccs1)NCc1ccc(F)cc1. The number of carbonyl (C=O) groups excluding carboxylic acids is 1. The van der Waals surface area contributed by atoms with Crippen molar-refractivity contribution in [2.45, 2.75) is 25.4 Å². The fourth-order valence-electron chi connectivity index (χ4n) is 2.86. The van der Waals surface area contributed by atoms with Gasteiger partial charge in [-0.25, -0.2) is 4.39 Å². The molecule has 1 aromatic heterocycles. The molecule has 1 aliphatic rings. The van der Waals surface area contributed by atoms with Crippen LogP contribution in [0.5, 0.6) is 0 Å². The van der Waals surface area contributed by atoms with Gasteiger partial charge in [-0.15, -0.1) is 11.3 Å². The van der Waals surface area contributed by atoms with Gasteiger partial charge in [0.1, 0.15) is 5.82 Å². The van der Waals surface area contributed by atoms with Crippen LogP contribution < -0.4 is 5.32 Å². The highest BCUT2D eigenvalue weighted by Crippen LogP contribution is 2.33. The van der Waals surface area contributed by atoms with Crippen LogP contribution in [0, 0.1) is 5.82 Å². The van der Waals surface area contributed by atoms with Crippen molar-refractivity contribution in [3.05, 3.63) is 58.0 Å². The van der Waals surface area contributed by atoms with Crippen molar-refractivity contribution >= 4 is 17.2 Å². The molecule has 0 saturated carbocycles. The van der Waals surface area contributed by atoms with Gasteiger partial charge in [0.05, 0.1) is 6.54 Å². The van der Waals surface area contributed by atoms with Gasteiger partial charge in [-0.3, -0.25) is 9.69 Å². The molecule has 1 aliphatic heterocycles. The molecule has 22 heavy (non-hydrogen) atoms. The van der Waals surface area contributed by atoms with E-state index in [9.17, 15) is 9.18 Å². The predicted octanol–water partition coefficient (Wildman–Crippen LogP) is 3.34. The molecule has 0 radical (unpaired) electrons. The van der Waals surface area contributed by atoms with Crippen molar-refractivity contribution in [1.82, 2.24) is 10.2 Å². The Kier molecular flexibility index (Phi) is 4.85. The average molecular weight is 318 g/mol. The summed E-state index contributed by atoms with van der Waals surface area (Å²) in [5.74, 6) is -0.237. The number of likely N-dealkylation sites (tertiary alicyclic amines) is 1. The summed E-state index contributed by atoms with van der Waals surface area (Å²) in [4.78, 5) is 15.7. The summed E-state index contributed by atoms with van der Waals surface area (Å²) < 4.78 is 12.8. The number of amides is 1. The van der Waals surface area contributed by atoms with Crippen LogP contribution in [0.25, 0.3) is 0 Å². The molecule has 5 heteroatoms. The van der Waals surface area contributed by atoms with E-state index < -0.39 is 0 Å². The van der Waals surface area contributed by atoms with Gasteiger partial charge in [-0.05, 0) is 48.5 Å². The summed E-state index contributed by atoms with van der Waals surface area (Å²) in [7, 11) is 0. The number of hydrogen-bond donors (Lipinski definition) is 1. The van der Waals surface area contributed by atoms with E-state index in [-0.39, 0.29) is 11.7 Å². The molecular weight excluding hydrogens is 299 g/mol.